The SMILES string of the molecule is Cc1ccc2c(NC(C)(C)C)cc(-c3ccccc3)nc2c1. The van der Waals surface area contributed by atoms with Crippen LogP contribution in [0, 0.1) is 6.92 Å². The lowest BCUT2D eigenvalue weighted by atomic mass is 10.0. The van der Waals surface area contributed by atoms with Crippen LogP contribution in [-0.2, 0) is 0 Å². The zero-order valence-corrected chi connectivity index (χ0v) is 13.6. The Morgan fingerprint density at radius 3 is 2.32 bits per heavy atom. The van der Waals surface area contributed by atoms with E-state index in [2.05, 4.69) is 69.4 Å². The van der Waals surface area contributed by atoms with E-state index in [-0.39, 0.29) is 5.54 Å². The molecule has 0 spiro atoms. The number of anilines is 1. The fourth-order valence-corrected chi connectivity index (χ4v) is 2.60. The summed E-state index contributed by atoms with van der Waals surface area (Å²) < 4.78 is 0. The minimum Gasteiger partial charge on any atom is -0.380 e. The Bertz CT molecular complexity index is 799. The fourth-order valence-electron chi connectivity index (χ4n) is 2.60. The van der Waals surface area contributed by atoms with Gasteiger partial charge in [-0.05, 0) is 45.4 Å². The predicted molar refractivity (Wildman–Crippen MR) is 95.3 cm³/mol. The first-order chi connectivity index (χ1) is 10.4. The molecule has 0 saturated carbocycles. The zero-order chi connectivity index (χ0) is 15.7. The Kier molecular flexibility index (Phi) is 3.61. The quantitative estimate of drug-likeness (QED) is 0.681. The molecule has 0 unspecified atom stereocenters. The summed E-state index contributed by atoms with van der Waals surface area (Å²) in [5.74, 6) is 0. The van der Waals surface area contributed by atoms with Crippen molar-refractivity contribution in [3.8, 4) is 11.3 Å². The Hall–Kier alpha value is -2.35. The number of hydrogen-bond acceptors (Lipinski definition) is 2. The lowest BCUT2D eigenvalue weighted by Gasteiger charge is -2.24. The smallest absolute Gasteiger partial charge is 0.0732 e. The first kappa shape index (κ1) is 14.6. The molecule has 1 heterocycles. The molecule has 0 saturated heterocycles. The van der Waals surface area contributed by atoms with Crippen LogP contribution in [0.1, 0.15) is 26.3 Å². The van der Waals surface area contributed by atoms with Crippen LogP contribution in [0.5, 0.6) is 0 Å². The number of nitrogens with one attached hydrogen (secondary N) is 1. The highest BCUT2D eigenvalue weighted by Gasteiger charge is 2.14. The van der Waals surface area contributed by atoms with E-state index < -0.39 is 0 Å². The summed E-state index contributed by atoms with van der Waals surface area (Å²) in [6, 6.07) is 18.9. The molecule has 0 aliphatic heterocycles. The van der Waals surface area contributed by atoms with E-state index >= 15 is 0 Å². The molecular weight excluding hydrogens is 268 g/mol. The van der Waals surface area contributed by atoms with Crippen LogP contribution in [0.15, 0.2) is 54.6 Å². The molecule has 2 nitrogen and oxygen atoms in total. The molecule has 0 amide bonds. The molecule has 0 aliphatic rings. The molecule has 0 fully saturated rings. The van der Waals surface area contributed by atoms with Crippen LogP contribution in [-0.4, -0.2) is 10.5 Å². The molecule has 2 aromatic carbocycles. The van der Waals surface area contributed by atoms with Crippen LogP contribution >= 0.6 is 0 Å². The van der Waals surface area contributed by atoms with Gasteiger partial charge in [0.15, 0.2) is 0 Å². The van der Waals surface area contributed by atoms with Gasteiger partial charge in [-0.1, -0.05) is 42.5 Å². The third-order valence-corrected chi connectivity index (χ3v) is 3.54. The Morgan fingerprint density at radius 2 is 1.64 bits per heavy atom. The summed E-state index contributed by atoms with van der Waals surface area (Å²) in [4.78, 5) is 4.86. The molecular formula is C20H22N2. The largest absolute Gasteiger partial charge is 0.380 e. The van der Waals surface area contributed by atoms with Gasteiger partial charge in [0.2, 0.25) is 0 Å². The second-order valence-electron chi connectivity index (χ2n) is 6.82. The molecule has 3 rings (SSSR count). The van der Waals surface area contributed by atoms with Gasteiger partial charge in [0, 0.05) is 22.2 Å². The molecule has 0 aliphatic carbocycles. The van der Waals surface area contributed by atoms with Crippen molar-refractivity contribution in [1.29, 1.82) is 0 Å². The molecule has 1 N–H and O–H groups in total. The highest BCUT2D eigenvalue weighted by atomic mass is 15.0. The van der Waals surface area contributed by atoms with Gasteiger partial charge in [0.05, 0.1) is 11.2 Å². The Balaban J connectivity index is 2.23. The fraction of sp³-hybridized carbons (Fsp3) is 0.250. The number of aryl methyl sites for hydroxylation is 1. The number of fused-ring (bicyclic) bond motifs is 1. The van der Waals surface area contributed by atoms with Gasteiger partial charge in [0.1, 0.15) is 0 Å². The summed E-state index contributed by atoms with van der Waals surface area (Å²) in [7, 11) is 0. The number of nitrogens with zero attached hydrogens (tertiary/aromatic N) is 1. The van der Waals surface area contributed by atoms with Crippen molar-refractivity contribution in [2.45, 2.75) is 33.2 Å². The van der Waals surface area contributed by atoms with Crippen LogP contribution in [0.3, 0.4) is 0 Å². The number of hydrogen-bond donors (Lipinski definition) is 1. The van der Waals surface area contributed by atoms with E-state index in [4.69, 9.17) is 4.98 Å². The maximum atomic E-state index is 4.86. The summed E-state index contributed by atoms with van der Waals surface area (Å²) >= 11 is 0. The average Bonchev–Trinajstić information content (AvgIpc) is 2.46. The van der Waals surface area contributed by atoms with Gasteiger partial charge in [-0.2, -0.15) is 0 Å². The van der Waals surface area contributed by atoms with E-state index in [1.807, 2.05) is 18.2 Å². The maximum Gasteiger partial charge on any atom is 0.0732 e. The first-order valence-corrected chi connectivity index (χ1v) is 7.67. The summed E-state index contributed by atoms with van der Waals surface area (Å²) in [5, 5.41) is 4.78. The minimum atomic E-state index is 0.00707. The van der Waals surface area contributed by atoms with E-state index in [1.54, 1.807) is 0 Å². The number of aromatic nitrogens is 1. The molecule has 0 radical (unpaired) electrons. The first-order valence-electron chi connectivity index (χ1n) is 7.67. The topological polar surface area (TPSA) is 24.9 Å². The van der Waals surface area contributed by atoms with Crippen molar-refractivity contribution in [2.24, 2.45) is 0 Å². The van der Waals surface area contributed by atoms with Crippen LogP contribution in [0.25, 0.3) is 22.2 Å². The van der Waals surface area contributed by atoms with E-state index in [9.17, 15) is 0 Å². The van der Waals surface area contributed by atoms with Crippen LogP contribution in [0.4, 0.5) is 5.69 Å². The van der Waals surface area contributed by atoms with Crippen molar-refractivity contribution >= 4 is 16.6 Å². The van der Waals surface area contributed by atoms with Crippen molar-refractivity contribution < 1.29 is 0 Å². The average molecular weight is 290 g/mol. The van der Waals surface area contributed by atoms with Gasteiger partial charge >= 0.3 is 0 Å². The highest BCUT2D eigenvalue weighted by Crippen LogP contribution is 2.30. The minimum absolute atomic E-state index is 0.00707. The summed E-state index contributed by atoms with van der Waals surface area (Å²) in [5.41, 5.74) is 5.55. The maximum absolute atomic E-state index is 4.86. The zero-order valence-electron chi connectivity index (χ0n) is 13.6. The van der Waals surface area contributed by atoms with E-state index in [1.165, 1.54) is 10.9 Å². The van der Waals surface area contributed by atoms with Gasteiger partial charge < -0.3 is 5.32 Å². The number of benzene rings is 2. The summed E-state index contributed by atoms with van der Waals surface area (Å²) in [6.07, 6.45) is 0. The molecule has 2 heteroatoms. The number of pyridine rings is 1. The third kappa shape index (κ3) is 3.11. The van der Waals surface area contributed by atoms with Crippen molar-refractivity contribution in [3.63, 3.8) is 0 Å². The van der Waals surface area contributed by atoms with Crippen molar-refractivity contribution in [2.75, 3.05) is 5.32 Å². The molecule has 3 aromatic rings. The lowest BCUT2D eigenvalue weighted by molar-refractivity contribution is 0.635. The second-order valence-corrected chi connectivity index (χ2v) is 6.82. The van der Waals surface area contributed by atoms with E-state index in [0.29, 0.717) is 0 Å². The Morgan fingerprint density at radius 1 is 0.909 bits per heavy atom. The third-order valence-electron chi connectivity index (χ3n) is 3.54. The molecule has 22 heavy (non-hydrogen) atoms. The lowest BCUT2D eigenvalue weighted by Crippen LogP contribution is -2.26. The predicted octanol–water partition coefficient (Wildman–Crippen LogP) is 5.42. The molecule has 1 aromatic heterocycles. The van der Waals surface area contributed by atoms with Gasteiger partial charge in [-0.3, -0.25) is 0 Å². The molecule has 0 atom stereocenters. The summed E-state index contributed by atoms with van der Waals surface area (Å²) in [6.45, 7) is 8.63. The molecule has 112 valence electrons. The van der Waals surface area contributed by atoms with Gasteiger partial charge in [-0.25, -0.2) is 4.98 Å². The van der Waals surface area contributed by atoms with Crippen molar-refractivity contribution in [3.05, 3.63) is 60.2 Å². The molecule has 0 bridgehead atoms. The monoisotopic (exact) mass is 290 g/mol. The van der Waals surface area contributed by atoms with Crippen molar-refractivity contribution in [1.82, 2.24) is 4.98 Å². The van der Waals surface area contributed by atoms with Gasteiger partial charge in [-0.15, -0.1) is 0 Å². The second kappa shape index (κ2) is 5.45. The highest BCUT2D eigenvalue weighted by molar-refractivity contribution is 5.94. The normalized spacial score (nSPS) is 11.6. The van der Waals surface area contributed by atoms with Crippen LogP contribution in [0.2, 0.25) is 0 Å². The standard InChI is InChI=1S/C20H22N2/c1-14-10-11-16-18(12-14)21-17(15-8-6-5-7-9-15)13-19(16)22-20(2,3)4/h5-13H,1-4H3,(H,21,22). The van der Waals surface area contributed by atoms with E-state index in [0.717, 1.165) is 22.5 Å². The Labute approximate surface area is 132 Å². The number of rotatable bonds is 2. The van der Waals surface area contributed by atoms with Gasteiger partial charge in [0.25, 0.3) is 0 Å². The van der Waals surface area contributed by atoms with Crippen LogP contribution < -0.4 is 5.32 Å².